The molecule has 1 N–H and O–H groups in total. The van der Waals surface area contributed by atoms with Crippen molar-refractivity contribution in [3.63, 3.8) is 0 Å². The lowest BCUT2D eigenvalue weighted by molar-refractivity contribution is 0.0195. The number of piperidine rings is 1. The van der Waals surface area contributed by atoms with Crippen molar-refractivity contribution >= 4 is 27.7 Å². The summed E-state index contributed by atoms with van der Waals surface area (Å²) in [5.41, 5.74) is -0.577. The number of amides is 1. The van der Waals surface area contributed by atoms with Crippen molar-refractivity contribution in [1.82, 2.24) is 9.62 Å². The van der Waals surface area contributed by atoms with E-state index < -0.39 is 21.7 Å². The van der Waals surface area contributed by atoms with Gasteiger partial charge in [-0.2, -0.15) is 0 Å². The molecule has 0 bridgehead atoms. The SMILES string of the molecule is CC(C)(C)OC(=O)N1CCCC(NS(=O)(=O)c2ccc(Cl)cc2)C1. The van der Waals surface area contributed by atoms with Gasteiger partial charge in [-0.25, -0.2) is 17.9 Å². The number of nitrogens with one attached hydrogen (secondary N) is 1. The van der Waals surface area contributed by atoms with E-state index in [9.17, 15) is 13.2 Å². The number of likely N-dealkylation sites (tertiary alicyclic amines) is 1. The molecule has 1 heterocycles. The van der Waals surface area contributed by atoms with Gasteiger partial charge >= 0.3 is 6.09 Å². The Morgan fingerprint density at radius 3 is 2.50 bits per heavy atom. The smallest absolute Gasteiger partial charge is 0.410 e. The number of halogens is 1. The fraction of sp³-hybridized carbons (Fsp3) is 0.562. The topological polar surface area (TPSA) is 75.7 Å². The van der Waals surface area contributed by atoms with Crippen molar-refractivity contribution in [1.29, 1.82) is 0 Å². The summed E-state index contributed by atoms with van der Waals surface area (Å²) < 4.78 is 32.9. The molecule has 1 saturated heterocycles. The number of carbonyl (C=O) groups excluding carboxylic acids is 1. The average Bonchev–Trinajstić information content (AvgIpc) is 2.45. The van der Waals surface area contributed by atoms with Gasteiger partial charge in [0.15, 0.2) is 0 Å². The number of nitrogens with zero attached hydrogens (tertiary/aromatic N) is 1. The van der Waals surface area contributed by atoms with Crippen LogP contribution in [-0.4, -0.2) is 44.1 Å². The van der Waals surface area contributed by atoms with Crippen molar-refractivity contribution in [2.45, 2.75) is 50.2 Å². The minimum atomic E-state index is -3.65. The summed E-state index contributed by atoms with van der Waals surface area (Å²) in [5, 5.41) is 0.475. The van der Waals surface area contributed by atoms with Crippen LogP contribution in [0.4, 0.5) is 4.79 Å². The summed E-state index contributed by atoms with van der Waals surface area (Å²) >= 11 is 5.79. The molecular weight excluding hydrogens is 352 g/mol. The van der Waals surface area contributed by atoms with Crippen molar-refractivity contribution in [3.8, 4) is 0 Å². The number of hydrogen-bond donors (Lipinski definition) is 1. The van der Waals surface area contributed by atoms with E-state index in [1.54, 1.807) is 25.7 Å². The van der Waals surface area contributed by atoms with E-state index in [4.69, 9.17) is 16.3 Å². The fourth-order valence-corrected chi connectivity index (χ4v) is 3.85. The zero-order valence-corrected chi connectivity index (χ0v) is 15.7. The second-order valence-electron chi connectivity index (χ2n) is 6.84. The highest BCUT2D eigenvalue weighted by Crippen LogP contribution is 2.18. The summed E-state index contributed by atoms with van der Waals surface area (Å²) in [4.78, 5) is 13.8. The van der Waals surface area contributed by atoms with E-state index in [1.165, 1.54) is 24.3 Å². The lowest BCUT2D eigenvalue weighted by Crippen LogP contribution is -2.50. The molecule has 134 valence electrons. The summed E-state index contributed by atoms with van der Waals surface area (Å²) in [6.45, 7) is 6.26. The van der Waals surface area contributed by atoms with Gasteiger partial charge in [-0.3, -0.25) is 0 Å². The molecule has 1 aliphatic heterocycles. The van der Waals surface area contributed by atoms with E-state index in [-0.39, 0.29) is 10.9 Å². The standard InChI is InChI=1S/C16H23ClN2O4S/c1-16(2,3)23-15(20)19-10-4-5-13(11-19)18-24(21,22)14-8-6-12(17)7-9-14/h6-9,13,18H,4-5,10-11H2,1-3H3. The molecule has 1 fully saturated rings. The molecule has 1 atom stereocenters. The molecule has 0 spiro atoms. The van der Waals surface area contributed by atoms with Crippen LogP contribution in [0.2, 0.25) is 5.02 Å². The van der Waals surface area contributed by atoms with Crippen molar-refractivity contribution < 1.29 is 17.9 Å². The Hall–Kier alpha value is -1.31. The van der Waals surface area contributed by atoms with Gasteiger partial charge in [0, 0.05) is 24.2 Å². The number of rotatable bonds is 3. The van der Waals surface area contributed by atoms with Crippen LogP contribution >= 0.6 is 11.6 Å². The van der Waals surface area contributed by atoms with Crippen LogP contribution < -0.4 is 4.72 Å². The van der Waals surface area contributed by atoms with E-state index >= 15 is 0 Å². The molecule has 2 rings (SSSR count). The second kappa shape index (κ2) is 7.29. The van der Waals surface area contributed by atoms with Crippen LogP contribution in [0.5, 0.6) is 0 Å². The number of benzene rings is 1. The monoisotopic (exact) mass is 374 g/mol. The molecule has 8 heteroatoms. The summed E-state index contributed by atoms with van der Waals surface area (Å²) in [5.74, 6) is 0. The Bertz CT molecular complexity index is 683. The van der Waals surface area contributed by atoms with Crippen LogP contribution in [0, 0.1) is 0 Å². The van der Waals surface area contributed by atoms with Crippen LogP contribution in [0.3, 0.4) is 0 Å². The van der Waals surface area contributed by atoms with Crippen LogP contribution in [-0.2, 0) is 14.8 Å². The average molecular weight is 375 g/mol. The van der Waals surface area contributed by atoms with Crippen LogP contribution in [0.1, 0.15) is 33.6 Å². The normalized spacial score (nSPS) is 19.2. The van der Waals surface area contributed by atoms with Gasteiger partial charge in [0.05, 0.1) is 4.90 Å². The molecule has 0 radical (unpaired) electrons. The zero-order chi connectivity index (χ0) is 18.0. The van der Waals surface area contributed by atoms with Crippen molar-refractivity contribution in [3.05, 3.63) is 29.3 Å². The quantitative estimate of drug-likeness (QED) is 0.882. The Morgan fingerprint density at radius 2 is 1.92 bits per heavy atom. The van der Waals surface area contributed by atoms with Gasteiger partial charge in [0.1, 0.15) is 5.60 Å². The van der Waals surface area contributed by atoms with E-state index in [1.807, 2.05) is 0 Å². The van der Waals surface area contributed by atoms with Crippen molar-refractivity contribution in [2.24, 2.45) is 0 Å². The third-order valence-electron chi connectivity index (χ3n) is 3.52. The molecule has 1 amide bonds. The largest absolute Gasteiger partial charge is 0.444 e. The third-order valence-corrected chi connectivity index (χ3v) is 5.31. The highest BCUT2D eigenvalue weighted by atomic mass is 35.5. The lowest BCUT2D eigenvalue weighted by Gasteiger charge is -2.34. The maximum Gasteiger partial charge on any atom is 0.410 e. The number of carbonyl (C=O) groups is 1. The first kappa shape index (κ1) is 19.0. The first-order chi connectivity index (χ1) is 11.1. The van der Waals surface area contributed by atoms with Gasteiger partial charge < -0.3 is 9.64 Å². The predicted molar refractivity (Wildman–Crippen MR) is 92.6 cm³/mol. The van der Waals surface area contributed by atoms with Gasteiger partial charge in [-0.05, 0) is 57.9 Å². The molecule has 1 aromatic rings. The molecule has 0 aliphatic carbocycles. The van der Waals surface area contributed by atoms with Crippen LogP contribution in [0.25, 0.3) is 0 Å². The van der Waals surface area contributed by atoms with Gasteiger partial charge in [-0.1, -0.05) is 11.6 Å². The Balaban J connectivity index is 2.02. The van der Waals surface area contributed by atoms with Gasteiger partial charge in [0.25, 0.3) is 0 Å². The van der Waals surface area contributed by atoms with E-state index in [2.05, 4.69) is 4.72 Å². The van der Waals surface area contributed by atoms with Gasteiger partial charge in [0.2, 0.25) is 10.0 Å². The summed E-state index contributed by atoms with van der Waals surface area (Å²) in [6, 6.07) is 5.64. The minimum absolute atomic E-state index is 0.154. The molecule has 0 saturated carbocycles. The zero-order valence-electron chi connectivity index (χ0n) is 14.1. The molecule has 24 heavy (non-hydrogen) atoms. The molecular formula is C16H23ClN2O4S. The first-order valence-corrected chi connectivity index (χ1v) is 9.69. The van der Waals surface area contributed by atoms with Gasteiger partial charge in [-0.15, -0.1) is 0 Å². The lowest BCUT2D eigenvalue weighted by atomic mass is 10.1. The Labute approximate surface area is 148 Å². The third kappa shape index (κ3) is 5.36. The molecule has 1 aliphatic rings. The van der Waals surface area contributed by atoms with Crippen LogP contribution in [0.15, 0.2) is 29.2 Å². The molecule has 1 unspecified atom stereocenters. The Morgan fingerprint density at radius 1 is 1.29 bits per heavy atom. The molecule has 1 aromatic carbocycles. The number of hydrogen-bond acceptors (Lipinski definition) is 4. The van der Waals surface area contributed by atoms with E-state index in [0.717, 1.165) is 0 Å². The summed E-state index contributed by atoms with van der Waals surface area (Å²) in [6.07, 6.45) is 0.969. The number of sulfonamides is 1. The van der Waals surface area contributed by atoms with E-state index in [0.29, 0.717) is 31.0 Å². The first-order valence-electron chi connectivity index (χ1n) is 7.83. The predicted octanol–water partition coefficient (Wildman–Crippen LogP) is 3.02. The minimum Gasteiger partial charge on any atom is -0.444 e. The highest BCUT2D eigenvalue weighted by molar-refractivity contribution is 7.89. The summed E-state index contributed by atoms with van der Waals surface area (Å²) in [7, 11) is -3.65. The maximum atomic E-state index is 12.4. The highest BCUT2D eigenvalue weighted by Gasteiger charge is 2.30. The second-order valence-corrected chi connectivity index (χ2v) is 8.99. The number of ether oxygens (including phenoxy) is 1. The Kier molecular flexibility index (Phi) is 5.78. The maximum absolute atomic E-state index is 12.4. The molecule has 6 nitrogen and oxygen atoms in total. The fourth-order valence-electron chi connectivity index (χ4n) is 2.47. The van der Waals surface area contributed by atoms with Crippen molar-refractivity contribution in [2.75, 3.05) is 13.1 Å². The molecule has 0 aromatic heterocycles.